The van der Waals surface area contributed by atoms with E-state index in [1.807, 2.05) is 49.6 Å². The minimum Gasteiger partial charge on any atom is -0.497 e. The van der Waals surface area contributed by atoms with Crippen molar-refractivity contribution in [2.45, 2.75) is 13.0 Å². The summed E-state index contributed by atoms with van der Waals surface area (Å²) in [5.41, 5.74) is 11.3. The van der Waals surface area contributed by atoms with Crippen molar-refractivity contribution in [3.05, 3.63) is 55.0 Å². The minimum absolute atomic E-state index is 0.0312. The topological polar surface area (TPSA) is 91.3 Å². The molecule has 0 fully saturated rings. The van der Waals surface area contributed by atoms with Gasteiger partial charge in [0.2, 0.25) is 0 Å². The normalized spacial score (nSPS) is 12.0. The second kappa shape index (κ2) is 8.61. The molecule has 4 aromatic rings. The monoisotopic (exact) mass is 418 g/mol. The van der Waals surface area contributed by atoms with E-state index in [0.717, 1.165) is 33.7 Å². The largest absolute Gasteiger partial charge is 0.497 e. The number of anilines is 2. The van der Waals surface area contributed by atoms with Gasteiger partial charge >= 0.3 is 0 Å². The van der Waals surface area contributed by atoms with Gasteiger partial charge in [-0.3, -0.25) is 9.67 Å². The van der Waals surface area contributed by atoms with Gasteiger partial charge in [0, 0.05) is 61.0 Å². The third kappa shape index (κ3) is 4.15. The summed E-state index contributed by atoms with van der Waals surface area (Å²) in [5.74, 6) is 1.42. The van der Waals surface area contributed by atoms with Crippen LogP contribution in [0.1, 0.15) is 6.92 Å². The van der Waals surface area contributed by atoms with Crippen molar-refractivity contribution < 1.29 is 9.47 Å². The zero-order chi connectivity index (χ0) is 22.0. The van der Waals surface area contributed by atoms with Gasteiger partial charge < -0.3 is 20.1 Å². The molecule has 0 saturated carbocycles. The summed E-state index contributed by atoms with van der Waals surface area (Å²) in [7, 11) is 5.16. The van der Waals surface area contributed by atoms with E-state index in [0.29, 0.717) is 18.0 Å². The van der Waals surface area contributed by atoms with E-state index in [1.165, 1.54) is 0 Å². The SMILES string of the molecule is COc1cc(OC)cc(N(c2ccc3ncc(-c4cnn(C)c4)nc3c2)[C@H](C)CN)c1. The Morgan fingerprint density at radius 2 is 1.74 bits per heavy atom. The predicted molar refractivity (Wildman–Crippen MR) is 122 cm³/mol. The Kier molecular flexibility index (Phi) is 5.73. The molecule has 2 aromatic carbocycles. The molecule has 8 heteroatoms. The summed E-state index contributed by atoms with van der Waals surface area (Å²) in [6.45, 7) is 2.55. The van der Waals surface area contributed by atoms with Crippen LogP contribution < -0.4 is 20.1 Å². The number of benzene rings is 2. The molecule has 1 atom stereocenters. The molecular formula is C23H26N6O2. The first-order valence-electron chi connectivity index (χ1n) is 10.0. The first-order chi connectivity index (χ1) is 15.0. The van der Waals surface area contributed by atoms with Crippen molar-refractivity contribution in [1.29, 1.82) is 0 Å². The lowest BCUT2D eigenvalue weighted by molar-refractivity contribution is 0.394. The number of nitrogens with zero attached hydrogens (tertiary/aromatic N) is 5. The molecule has 2 aromatic heterocycles. The van der Waals surface area contributed by atoms with Crippen LogP contribution in [0.15, 0.2) is 55.0 Å². The van der Waals surface area contributed by atoms with Gasteiger partial charge in [0.25, 0.3) is 0 Å². The van der Waals surface area contributed by atoms with Gasteiger partial charge in [-0.1, -0.05) is 0 Å². The summed E-state index contributed by atoms with van der Waals surface area (Å²) in [5, 5.41) is 4.23. The van der Waals surface area contributed by atoms with Crippen LogP contribution in [0.25, 0.3) is 22.3 Å². The summed E-state index contributed by atoms with van der Waals surface area (Å²) in [6.07, 6.45) is 5.47. The van der Waals surface area contributed by atoms with Gasteiger partial charge in [0.05, 0.1) is 43.3 Å². The Hall–Kier alpha value is -3.65. The zero-order valence-electron chi connectivity index (χ0n) is 18.1. The third-order valence-corrected chi connectivity index (χ3v) is 5.20. The second-order valence-corrected chi connectivity index (χ2v) is 7.36. The Bertz CT molecular complexity index is 1180. The third-order valence-electron chi connectivity index (χ3n) is 5.20. The molecule has 2 heterocycles. The number of aryl methyl sites for hydroxylation is 1. The molecule has 0 amide bonds. The number of ether oxygens (including phenoxy) is 2. The van der Waals surface area contributed by atoms with Gasteiger partial charge in [0.15, 0.2) is 0 Å². The maximum Gasteiger partial charge on any atom is 0.124 e. The summed E-state index contributed by atoms with van der Waals surface area (Å²) >= 11 is 0. The summed E-state index contributed by atoms with van der Waals surface area (Å²) in [4.78, 5) is 11.6. The molecular weight excluding hydrogens is 392 g/mol. The fraction of sp³-hybridized carbons (Fsp3) is 0.261. The van der Waals surface area contributed by atoms with Crippen molar-refractivity contribution >= 4 is 22.4 Å². The van der Waals surface area contributed by atoms with E-state index in [-0.39, 0.29) is 6.04 Å². The second-order valence-electron chi connectivity index (χ2n) is 7.36. The summed E-state index contributed by atoms with van der Waals surface area (Å²) < 4.78 is 12.7. The van der Waals surface area contributed by atoms with Crippen molar-refractivity contribution in [1.82, 2.24) is 19.7 Å². The lowest BCUT2D eigenvalue weighted by Gasteiger charge is -2.31. The average molecular weight is 419 g/mol. The molecule has 0 spiro atoms. The number of hydrogen-bond donors (Lipinski definition) is 1. The Morgan fingerprint density at radius 1 is 1.00 bits per heavy atom. The predicted octanol–water partition coefficient (Wildman–Crippen LogP) is 3.53. The first kappa shape index (κ1) is 20.6. The molecule has 160 valence electrons. The fourth-order valence-corrected chi connectivity index (χ4v) is 3.54. The highest BCUT2D eigenvalue weighted by atomic mass is 16.5. The number of hydrogen-bond acceptors (Lipinski definition) is 7. The van der Waals surface area contributed by atoms with Crippen LogP contribution >= 0.6 is 0 Å². The number of nitrogens with two attached hydrogens (primary N) is 1. The highest BCUT2D eigenvalue weighted by Gasteiger charge is 2.19. The lowest BCUT2D eigenvalue weighted by atomic mass is 10.1. The minimum atomic E-state index is 0.0312. The van der Waals surface area contributed by atoms with Crippen molar-refractivity contribution in [2.24, 2.45) is 12.8 Å². The van der Waals surface area contributed by atoms with Crippen LogP contribution in [0.5, 0.6) is 11.5 Å². The molecule has 0 aliphatic carbocycles. The van der Waals surface area contributed by atoms with Crippen LogP contribution in [0, 0.1) is 0 Å². The average Bonchev–Trinajstić information content (AvgIpc) is 3.24. The Balaban J connectivity index is 1.82. The quantitative estimate of drug-likeness (QED) is 0.491. The van der Waals surface area contributed by atoms with E-state index in [2.05, 4.69) is 21.9 Å². The van der Waals surface area contributed by atoms with Gasteiger partial charge in [-0.05, 0) is 25.1 Å². The molecule has 2 N–H and O–H groups in total. The fourth-order valence-electron chi connectivity index (χ4n) is 3.54. The highest BCUT2D eigenvalue weighted by molar-refractivity contribution is 5.83. The highest BCUT2D eigenvalue weighted by Crippen LogP contribution is 2.35. The molecule has 8 nitrogen and oxygen atoms in total. The molecule has 0 aliphatic heterocycles. The van der Waals surface area contributed by atoms with E-state index >= 15 is 0 Å². The van der Waals surface area contributed by atoms with E-state index in [4.69, 9.17) is 20.2 Å². The van der Waals surface area contributed by atoms with E-state index in [9.17, 15) is 0 Å². The van der Waals surface area contributed by atoms with Crippen molar-refractivity contribution in [3.8, 4) is 22.8 Å². The maximum absolute atomic E-state index is 6.06. The smallest absolute Gasteiger partial charge is 0.124 e. The van der Waals surface area contributed by atoms with E-state index in [1.54, 1.807) is 31.3 Å². The molecule has 31 heavy (non-hydrogen) atoms. The number of fused-ring (bicyclic) bond motifs is 1. The van der Waals surface area contributed by atoms with Gasteiger partial charge in [-0.25, -0.2) is 4.98 Å². The van der Waals surface area contributed by atoms with Crippen LogP contribution in [0.3, 0.4) is 0 Å². The molecule has 0 aliphatic rings. The molecule has 0 unspecified atom stereocenters. The Morgan fingerprint density at radius 3 is 2.35 bits per heavy atom. The molecule has 0 saturated heterocycles. The maximum atomic E-state index is 6.06. The lowest BCUT2D eigenvalue weighted by Crippen LogP contribution is -2.34. The first-order valence-corrected chi connectivity index (χ1v) is 10.0. The van der Waals surface area contributed by atoms with Crippen molar-refractivity contribution in [2.75, 3.05) is 25.7 Å². The molecule has 4 rings (SSSR count). The van der Waals surface area contributed by atoms with Gasteiger partial charge in [0.1, 0.15) is 11.5 Å². The summed E-state index contributed by atoms with van der Waals surface area (Å²) in [6, 6.07) is 11.8. The van der Waals surface area contributed by atoms with Crippen LogP contribution in [0.4, 0.5) is 11.4 Å². The number of aromatic nitrogens is 4. The van der Waals surface area contributed by atoms with Crippen molar-refractivity contribution in [3.63, 3.8) is 0 Å². The number of rotatable bonds is 7. The van der Waals surface area contributed by atoms with Crippen LogP contribution in [0.2, 0.25) is 0 Å². The van der Waals surface area contributed by atoms with Gasteiger partial charge in [-0.15, -0.1) is 0 Å². The van der Waals surface area contributed by atoms with Crippen LogP contribution in [-0.4, -0.2) is 46.6 Å². The zero-order valence-corrected chi connectivity index (χ0v) is 18.1. The molecule has 0 bridgehead atoms. The van der Waals surface area contributed by atoms with E-state index < -0.39 is 0 Å². The standard InChI is InChI=1S/C23H26N6O2/c1-15(11-24)29(18-7-19(30-3)10-20(8-18)31-4)17-5-6-21-22(9-17)27-23(13-25-21)16-12-26-28(2)14-16/h5-10,12-15H,11,24H2,1-4H3/t15-/m1/s1. The molecule has 0 radical (unpaired) electrons. The Labute approximate surface area is 181 Å². The number of methoxy groups -OCH3 is 2. The van der Waals surface area contributed by atoms with Crippen LogP contribution in [-0.2, 0) is 7.05 Å². The van der Waals surface area contributed by atoms with Gasteiger partial charge in [-0.2, -0.15) is 5.10 Å².